The molecule has 0 bridgehead atoms. The first-order chi connectivity index (χ1) is 12.0. The van der Waals surface area contributed by atoms with Crippen LogP contribution in [0.3, 0.4) is 0 Å². The summed E-state index contributed by atoms with van der Waals surface area (Å²) in [6.07, 6.45) is 2.12. The van der Waals surface area contributed by atoms with Crippen molar-refractivity contribution < 1.29 is 24.2 Å². The van der Waals surface area contributed by atoms with Gasteiger partial charge in [-0.3, -0.25) is 9.69 Å². The molecule has 0 spiro atoms. The molecular weight excluding hydrogens is 324 g/mol. The van der Waals surface area contributed by atoms with Gasteiger partial charge >= 0.3 is 12.1 Å². The number of rotatable bonds is 7. The molecule has 7 nitrogen and oxygen atoms in total. The third-order valence-corrected chi connectivity index (χ3v) is 4.01. The van der Waals surface area contributed by atoms with Crippen LogP contribution in [-0.4, -0.2) is 46.6 Å². The number of carbonyl (C=O) groups is 3. The number of carboxylic acid groups (broad SMARTS) is 1. The lowest BCUT2D eigenvalue weighted by molar-refractivity contribution is -0.142. The van der Waals surface area contributed by atoms with Gasteiger partial charge in [-0.25, -0.2) is 9.59 Å². The monoisotopic (exact) mass is 346 g/mol. The summed E-state index contributed by atoms with van der Waals surface area (Å²) < 4.78 is 5.27. The van der Waals surface area contributed by atoms with E-state index in [1.165, 1.54) is 11.0 Å². The predicted molar refractivity (Wildman–Crippen MR) is 90.7 cm³/mol. The maximum atomic E-state index is 12.4. The molecule has 1 saturated heterocycles. The highest BCUT2D eigenvalue weighted by Gasteiger charge is 2.36. The van der Waals surface area contributed by atoms with E-state index in [4.69, 9.17) is 9.84 Å². The van der Waals surface area contributed by atoms with E-state index >= 15 is 0 Å². The standard InChI is InChI=1S/C18H22N2O5/c1-2-7-14(17(22)23)19-16(21)15-10-6-11-20(15)18(24)25-12-13-8-4-3-5-9-13/h2-5,8-9,14-15H,1,6-7,10-12H2,(H,19,21)(H,22,23)/t14-,15-/m1/s1. The molecule has 2 atom stereocenters. The average molecular weight is 346 g/mol. The van der Waals surface area contributed by atoms with Crippen molar-refractivity contribution >= 4 is 18.0 Å². The van der Waals surface area contributed by atoms with E-state index in [1.54, 1.807) is 0 Å². The van der Waals surface area contributed by atoms with Gasteiger partial charge in [-0.05, 0) is 24.8 Å². The summed E-state index contributed by atoms with van der Waals surface area (Å²) in [5.41, 5.74) is 0.855. The summed E-state index contributed by atoms with van der Waals surface area (Å²) in [7, 11) is 0. The molecule has 1 aromatic rings. The van der Waals surface area contributed by atoms with Gasteiger partial charge in [0.1, 0.15) is 18.7 Å². The van der Waals surface area contributed by atoms with Crippen molar-refractivity contribution in [1.82, 2.24) is 10.2 Å². The Morgan fingerprint density at radius 1 is 1.36 bits per heavy atom. The Bertz CT molecular complexity index is 632. The second kappa shape index (κ2) is 8.86. The SMILES string of the molecule is C=CC[C@@H](NC(=O)[C@H]1CCCN1C(=O)OCc1ccccc1)C(=O)O. The van der Waals surface area contributed by atoms with Gasteiger partial charge in [0, 0.05) is 6.54 Å². The number of likely N-dealkylation sites (tertiary alicyclic amines) is 1. The van der Waals surface area contributed by atoms with E-state index in [-0.39, 0.29) is 13.0 Å². The Morgan fingerprint density at radius 2 is 2.08 bits per heavy atom. The molecule has 0 saturated carbocycles. The van der Waals surface area contributed by atoms with Gasteiger partial charge in [0.2, 0.25) is 5.91 Å². The van der Waals surface area contributed by atoms with Gasteiger partial charge in [0.15, 0.2) is 0 Å². The first-order valence-corrected chi connectivity index (χ1v) is 8.14. The second-order valence-corrected chi connectivity index (χ2v) is 5.82. The molecule has 1 aromatic carbocycles. The van der Waals surface area contributed by atoms with Crippen LogP contribution in [0.5, 0.6) is 0 Å². The fraction of sp³-hybridized carbons (Fsp3) is 0.389. The molecule has 1 fully saturated rings. The van der Waals surface area contributed by atoms with Crippen molar-refractivity contribution in [2.45, 2.75) is 38.0 Å². The van der Waals surface area contributed by atoms with Gasteiger partial charge in [0.25, 0.3) is 0 Å². The van der Waals surface area contributed by atoms with E-state index in [0.29, 0.717) is 19.4 Å². The normalized spacial score (nSPS) is 17.6. The number of nitrogens with one attached hydrogen (secondary N) is 1. The van der Waals surface area contributed by atoms with Crippen molar-refractivity contribution in [1.29, 1.82) is 0 Å². The summed E-state index contributed by atoms with van der Waals surface area (Å²) in [5.74, 6) is -1.62. The van der Waals surface area contributed by atoms with Crippen LogP contribution in [-0.2, 0) is 20.9 Å². The second-order valence-electron chi connectivity index (χ2n) is 5.82. The number of carbonyl (C=O) groups excluding carboxylic acids is 2. The van der Waals surface area contributed by atoms with Crippen molar-refractivity contribution in [3.63, 3.8) is 0 Å². The molecule has 0 radical (unpaired) electrons. The molecule has 2 N–H and O–H groups in total. The number of nitrogens with zero attached hydrogens (tertiary/aromatic N) is 1. The summed E-state index contributed by atoms with van der Waals surface area (Å²) >= 11 is 0. The van der Waals surface area contributed by atoms with Gasteiger partial charge in [-0.15, -0.1) is 6.58 Å². The smallest absolute Gasteiger partial charge is 0.410 e. The summed E-state index contributed by atoms with van der Waals surface area (Å²) in [4.78, 5) is 37.1. The lowest BCUT2D eigenvalue weighted by Crippen LogP contribution is -2.50. The van der Waals surface area contributed by atoms with Crippen LogP contribution >= 0.6 is 0 Å². The number of hydrogen-bond acceptors (Lipinski definition) is 4. The fourth-order valence-electron chi connectivity index (χ4n) is 2.72. The number of aliphatic carboxylic acids is 1. The number of benzene rings is 1. The van der Waals surface area contributed by atoms with Crippen molar-refractivity contribution in [2.24, 2.45) is 0 Å². The highest BCUT2D eigenvalue weighted by molar-refractivity contribution is 5.89. The molecular formula is C18H22N2O5. The van der Waals surface area contributed by atoms with E-state index in [2.05, 4.69) is 11.9 Å². The fourth-order valence-corrected chi connectivity index (χ4v) is 2.72. The topological polar surface area (TPSA) is 95.9 Å². The summed E-state index contributed by atoms with van der Waals surface area (Å²) in [6.45, 7) is 4.02. The minimum absolute atomic E-state index is 0.117. The third kappa shape index (κ3) is 5.07. The maximum Gasteiger partial charge on any atom is 0.410 e. The molecule has 0 aromatic heterocycles. The van der Waals surface area contributed by atoms with Crippen molar-refractivity contribution in [2.75, 3.05) is 6.54 Å². The number of carboxylic acids is 1. The number of hydrogen-bond donors (Lipinski definition) is 2. The quantitative estimate of drug-likeness (QED) is 0.736. The molecule has 2 amide bonds. The van der Waals surface area contributed by atoms with E-state index < -0.39 is 30.1 Å². The maximum absolute atomic E-state index is 12.4. The first-order valence-electron chi connectivity index (χ1n) is 8.14. The van der Waals surface area contributed by atoms with Gasteiger partial charge in [0.05, 0.1) is 0 Å². The molecule has 1 aliphatic heterocycles. The highest BCUT2D eigenvalue weighted by atomic mass is 16.6. The van der Waals surface area contributed by atoms with Crippen molar-refractivity contribution in [3.8, 4) is 0 Å². The van der Waals surface area contributed by atoms with Crippen LogP contribution in [0.25, 0.3) is 0 Å². The van der Waals surface area contributed by atoms with Gasteiger partial charge in [-0.1, -0.05) is 36.4 Å². The Kier molecular flexibility index (Phi) is 6.56. The molecule has 0 aliphatic carbocycles. The minimum atomic E-state index is -1.13. The molecule has 134 valence electrons. The van der Waals surface area contributed by atoms with E-state index in [1.807, 2.05) is 30.3 Å². The minimum Gasteiger partial charge on any atom is -0.480 e. The molecule has 2 rings (SSSR count). The molecule has 0 unspecified atom stereocenters. The third-order valence-electron chi connectivity index (χ3n) is 4.01. The van der Waals surface area contributed by atoms with Crippen LogP contribution in [0.15, 0.2) is 43.0 Å². The van der Waals surface area contributed by atoms with Gasteiger partial charge < -0.3 is 15.2 Å². The van der Waals surface area contributed by atoms with Crippen LogP contribution in [0.1, 0.15) is 24.8 Å². The number of amides is 2. The predicted octanol–water partition coefficient (Wildman–Crippen LogP) is 1.93. The van der Waals surface area contributed by atoms with E-state index in [9.17, 15) is 14.4 Å². The van der Waals surface area contributed by atoms with Crippen LogP contribution < -0.4 is 5.32 Å². The van der Waals surface area contributed by atoms with E-state index in [0.717, 1.165) is 5.56 Å². The Balaban J connectivity index is 1.93. The summed E-state index contributed by atoms with van der Waals surface area (Å²) in [6, 6.07) is 7.49. The zero-order chi connectivity index (χ0) is 18.2. The molecule has 25 heavy (non-hydrogen) atoms. The Morgan fingerprint density at radius 3 is 2.72 bits per heavy atom. The average Bonchev–Trinajstić information content (AvgIpc) is 3.10. The lowest BCUT2D eigenvalue weighted by atomic mass is 10.1. The van der Waals surface area contributed by atoms with Crippen LogP contribution in [0, 0.1) is 0 Å². The Hall–Kier alpha value is -2.83. The highest BCUT2D eigenvalue weighted by Crippen LogP contribution is 2.19. The zero-order valence-corrected chi connectivity index (χ0v) is 13.9. The first kappa shape index (κ1) is 18.5. The van der Waals surface area contributed by atoms with Crippen LogP contribution in [0.4, 0.5) is 4.79 Å². The Labute approximate surface area is 146 Å². The van der Waals surface area contributed by atoms with Gasteiger partial charge in [-0.2, -0.15) is 0 Å². The zero-order valence-electron chi connectivity index (χ0n) is 13.9. The number of ether oxygens (including phenoxy) is 1. The largest absolute Gasteiger partial charge is 0.480 e. The van der Waals surface area contributed by atoms with Crippen LogP contribution in [0.2, 0.25) is 0 Å². The summed E-state index contributed by atoms with van der Waals surface area (Å²) in [5, 5.41) is 11.6. The molecule has 1 aliphatic rings. The molecule has 7 heteroatoms. The van der Waals surface area contributed by atoms with Crippen molar-refractivity contribution in [3.05, 3.63) is 48.6 Å². The lowest BCUT2D eigenvalue weighted by Gasteiger charge is -2.24. The molecule has 1 heterocycles.